The largest absolute Gasteiger partial charge is 0.352 e. The number of hydrogen-bond acceptors (Lipinski definition) is 4. The number of hydrogen-bond donors (Lipinski definition) is 1. The number of nitrogens with one attached hydrogen (secondary N) is 1. The summed E-state index contributed by atoms with van der Waals surface area (Å²) in [7, 11) is -4.23. The van der Waals surface area contributed by atoms with Crippen LogP contribution in [0.3, 0.4) is 0 Å². The highest BCUT2D eigenvalue weighted by atomic mass is 35.5. The Morgan fingerprint density at radius 3 is 2.12 bits per heavy atom. The molecular weight excluding hydrogens is 628 g/mol. The van der Waals surface area contributed by atoms with Crippen molar-refractivity contribution in [1.29, 1.82) is 0 Å². The van der Waals surface area contributed by atoms with Crippen molar-refractivity contribution in [2.24, 2.45) is 0 Å². The van der Waals surface area contributed by atoms with Gasteiger partial charge in [-0.05, 0) is 67.8 Å². The average molecular weight is 659 g/mol. The van der Waals surface area contributed by atoms with Crippen molar-refractivity contribution >= 4 is 73.9 Å². The van der Waals surface area contributed by atoms with Gasteiger partial charge in [-0.1, -0.05) is 84.5 Å². The molecule has 0 aliphatic rings. The topological polar surface area (TPSA) is 86.8 Å². The lowest BCUT2D eigenvalue weighted by Crippen LogP contribution is -2.53. The van der Waals surface area contributed by atoms with E-state index in [9.17, 15) is 18.0 Å². The van der Waals surface area contributed by atoms with E-state index in [4.69, 9.17) is 46.4 Å². The quantitative estimate of drug-likeness (QED) is 0.223. The molecule has 0 bridgehead atoms. The van der Waals surface area contributed by atoms with Crippen LogP contribution in [0.15, 0.2) is 71.6 Å². The molecule has 0 saturated carbocycles. The fourth-order valence-corrected chi connectivity index (χ4v) is 6.27. The standard InChI is InChI=1S/C29H31Cl4N3O4S/c1-4-19(3)34-29(38)27(5-2)35(17-20-11-12-21(30)15-25(20)32)28(37)18-36(22-13-14-24(31)26(33)16-22)41(39,40)23-9-7-6-8-10-23/h6-16,19,27H,4-5,17-18H2,1-3H3,(H,34,38)/t19-,27-/m1/s1. The summed E-state index contributed by atoms with van der Waals surface area (Å²) in [5.41, 5.74) is 0.685. The second-order valence-electron chi connectivity index (χ2n) is 9.42. The second-order valence-corrected chi connectivity index (χ2v) is 12.9. The van der Waals surface area contributed by atoms with E-state index in [1.807, 2.05) is 13.8 Å². The number of sulfonamides is 1. The number of anilines is 1. The molecule has 0 saturated heterocycles. The SMILES string of the molecule is CC[C@@H](C)NC(=O)[C@@H](CC)N(Cc1ccc(Cl)cc1Cl)C(=O)CN(c1ccc(Cl)c(Cl)c1)S(=O)(=O)c1ccccc1. The van der Waals surface area contributed by atoms with Gasteiger partial charge in [0.2, 0.25) is 11.8 Å². The van der Waals surface area contributed by atoms with E-state index in [-0.39, 0.29) is 45.5 Å². The van der Waals surface area contributed by atoms with Crippen molar-refractivity contribution in [2.45, 2.75) is 57.1 Å². The van der Waals surface area contributed by atoms with Gasteiger partial charge in [-0.2, -0.15) is 0 Å². The number of benzene rings is 3. The zero-order valence-corrected chi connectivity index (χ0v) is 26.6. The van der Waals surface area contributed by atoms with E-state index < -0.39 is 28.5 Å². The van der Waals surface area contributed by atoms with E-state index in [0.717, 1.165) is 4.31 Å². The molecule has 0 heterocycles. The van der Waals surface area contributed by atoms with Crippen molar-refractivity contribution in [3.8, 4) is 0 Å². The monoisotopic (exact) mass is 657 g/mol. The Hall–Kier alpha value is -2.49. The lowest BCUT2D eigenvalue weighted by Gasteiger charge is -2.34. The van der Waals surface area contributed by atoms with Gasteiger partial charge < -0.3 is 10.2 Å². The summed E-state index contributed by atoms with van der Waals surface area (Å²) >= 11 is 24.9. The van der Waals surface area contributed by atoms with Gasteiger partial charge in [0.05, 0.1) is 20.6 Å². The first-order valence-electron chi connectivity index (χ1n) is 13.0. The smallest absolute Gasteiger partial charge is 0.264 e. The third-order valence-corrected chi connectivity index (χ3v) is 9.66. The van der Waals surface area contributed by atoms with Crippen LogP contribution in [0.1, 0.15) is 39.2 Å². The summed E-state index contributed by atoms with van der Waals surface area (Å²) < 4.78 is 28.7. The van der Waals surface area contributed by atoms with Gasteiger partial charge in [0.1, 0.15) is 12.6 Å². The van der Waals surface area contributed by atoms with Crippen LogP contribution in [0.4, 0.5) is 5.69 Å². The molecule has 3 aromatic carbocycles. The van der Waals surface area contributed by atoms with Gasteiger partial charge in [0.15, 0.2) is 0 Å². The minimum Gasteiger partial charge on any atom is -0.352 e. The molecule has 0 aromatic heterocycles. The third-order valence-electron chi connectivity index (χ3n) is 6.54. The molecule has 41 heavy (non-hydrogen) atoms. The van der Waals surface area contributed by atoms with Gasteiger partial charge in [0.25, 0.3) is 10.0 Å². The molecule has 220 valence electrons. The Balaban J connectivity index is 2.10. The number of rotatable bonds is 12. The summed E-state index contributed by atoms with van der Waals surface area (Å²) in [6.07, 6.45) is 0.969. The minimum atomic E-state index is -4.23. The maximum absolute atomic E-state index is 14.1. The number of nitrogens with zero attached hydrogens (tertiary/aromatic N) is 2. The summed E-state index contributed by atoms with van der Waals surface area (Å²) in [4.78, 5) is 28.8. The van der Waals surface area contributed by atoms with Crippen LogP contribution in [-0.4, -0.2) is 43.8 Å². The highest BCUT2D eigenvalue weighted by Crippen LogP contribution is 2.31. The fourth-order valence-electron chi connectivity index (χ4n) is 4.08. The van der Waals surface area contributed by atoms with E-state index in [0.29, 0.717) is 22.0 Å². The van der Waals surface area contributed by atoms with Crippen LogP contribution in [0.25, 0.3) is 0 Å². The highest BCUT2D eigenvalue weighted by Gasteiger charge is 2.34. The summed E-state index contributed by atoms with van der Waals surface area (Å²) in [5.74, 6) is -0.972. The second kappa shape index (κ2) is 14.6. The molecule has 2 amide bonds. The van der Waals surface area contributed by atoms with E-state index in [2.05, 4.69) is 5.32 Å². The van der Waals surface area contributed by atoms with Crippen LogP contribution in [0.5, 0.6) is 0 Å². The number of halogens is 4. The molecule has 0 fully saturated rings. The predicted octanol–water partition coefficient (Wildman–Crippen LogP) is 7.22. The Labute approximate surface area is 261 Å². The van der Waals surface area contributed by atoms with Gasteiger partial charge in [-0.3, -0.25) is 13.9 Å². The molecule has 2 atom stereocenters. The van der Waals surface area contributed by atoms with Gasteiger partial charge in [-0.25, -0.2) is 8.42 Å². The first-order chi connectivity index (χ1) is 19.4. The first-order valence-corrected chi connectivity index (χ1v) is 15.9. The lowest BCUT2D eigenvalue weighted by molar-refractivity contribution is -0.140. The molecule has 3 aromatic rings. The van der Waals surface area contributed by atoms with Crippen molar-refractivity contribution in [2.75, 3.05) is 10.8 Å². The van der Waals surface area contributed by atoms with E-state index in [1.54, 1.807) is 43.3 Å². The fraction of sp³-hybridized carbons (Fsp3) is 0.310. The van der Waals surface area contributed by atoms with Crippen molar-refractivity contribution < 1.29 is 18.0 Å². The first kappa shape index (κ1) is 33.0. The number of carbonyl (C=O) groups excluding carboxylic acids is 2. The normalized spacial score (nSPS) is 12.9. The third kappa shape index (κ3) is 8.30. The van der Waals surface area contributed by atoms with E-state index in [1.165, 1.54) is 35.2 Å². The lowest BCUT2D eigenvalue weighted by atomic mass is 10.1. The molecule has 0 spiro atoms. The molecule has 0 unspecified atom stereocenters. The Kier molecular flexibility index (Phi) is 11.8. The highest BCUT2D eigenvalue weighted by molar-refractivity contribution is 7.92. The molecule has 3 rings (SSSR count). The number of carbonyl (C=O) groups is 2. The summed E-state index contributed by atoms with van der Waals surface area (Å²) in [6, 6.07) is 15.8. The Morgan fingerprint density at radius 1 is 0.854 bits per heavy atom. The van der Waals surface area contributed by atoms with Crippen molar-refractivity contribution in [1.82, 2.24) is 10.2 Å². The van der Waals surface area contributed by atoms with Crippen LogP contribution in [-0.2, 0) is 26.2 Å². The molecular formula is C29H31Cl4N3O4S. The van der Waals surface area contributed by atoms with Crippen LogP contribution in [0, 0.1) is 0 Å². The molecule has 0 aliphatic heterocycles. The number of amides is 2. The van der Waals surface area contributed by atoms with Crippen molar-refractivity contribution in [3.63, 3.8) is 0 Å². The van der Waals surface area contributed by atoms with Gasteiger partial charge >= 0.3 is 0 Å². The Bertz CT molecular complexity index is 1490. The zero-order chi connectivity index (χ0) is 30.3. The van der Waals surface area contributed by atoms with Crippen LogP contribution >= 0.6 is 46.4 Å². The minimum absolute atomic E-state index is 0.0206. The molecule has 7 nitrogen and oxygen atoms in total. The maximum atomic E-state index is 14.1. The molecule has 0 radical (unpaired) electrons. The average Bonchev–Trinajstić information content (AvgIpc) is 2.94. The maximum Gasteiger partial charge on any atom is 0.264 e. The zero-order valence-electron chi connectivity index (χ0n) is 22.8. The summed E-state index contributed by atoms with van der Waals surface area (Å²) in [5, 5.41) is 4.00. The molecule has 1 N–H and O–H groups in total. The molecule has 0 aliphatic carbocycles. The van der Waals surface area contributed by atoms with Crippen molar-refractivity contribution in [3.05, 3.63) is 92.4 Å². The predicted molar refractivity (Wildman–Crippen MR) is 166 cm³/mol. The van der Waals surface area contributed by atoms with Gasteiger partial charge in [-0.15, -0.1) is 0 Å². The molecule has 12 heteroatoms. The Morgan fingerprint density at radius 2 is 1.54 bits per heavy atom. The van der Waals surface area contributed by atoms with E-state index >= 15 is 0 Å². The van der Waals surface area contributed by atoms with Crippen LogP contribution in [0.2, 0.25) is 20.1 Å². The summed E-state index contributed by atoms with van der Waals surface area (Å²) in [6.45, 7) is 4.91. The van der Waals surface area contributed by atoms with Gasteiger partial charge in [0, 0.05) is 22.6 Å². The van der Waals surface area contributed by atoms with Crippen LogP contribution < -0.4 is 9.62 Å².